The van der Waals surface area contributed by atoms with Gasteiger partial charge in [0.2, 0.25) is 0 Å². The van der Waals surface area contributed by atoms with Crippen LogP contribution >= 0.6 is 11.3 Å². The molecule has 0 spiro atoms. The van der Waals surface area contributed by atoms with Crippen molar-refractivity contribution in [1.29, 1.82) is 0 Å². The number of hydrogen-bond acceptors (Lipinski definition) is 4. The van der Waals surface area contributed by atoms with Gasteiger partial charge in [-0.15, -0.1) is 11.3 Å². The van der Waals surface area contributed by atoms with Gasteiger partial charge in [-0.05, 0) is 23.6 Å². The van der Waals surface area contributed by atoms with Crippen molar-refractivity contribution >= 4 is 23.1 Å². The van der Waals surface area contributed by atoms with Crippen LogP contribution in [0.5, 0.6) is 0 Å². The summed E-state index contributed by atoms with van der Waals surface area (Å²) in [7, 11) is 0. The predicted molar refractivity (Wildman–Crippen MR) is 57.5 cm³/mol. The van der Waals surface area contributed by atoms with Crippen LogP contribution in [0.4, 0.5) is 13.2 Å². The number of oxime groups is 1. The molecule has 0 fully saturated rings. The lowest BCUT2D eigenvalue weighted by Crippen LogP contribution is -2.45. The fourth-order valence-corrected chi connectivity index (χ4v) is 1.87. The molecule has 0 aromatic carbocycles. The van der Waals surface area contributed by atoms with Crippen molar-refractivity contribution in [3.05, 3.63) is 28.5 Å². The minimum atomic E-state index is -4.85. The van der Waals surface area contributed by atoms with Crippen molar-refractivity contribution in [2.45, 2.75) is 18.4 Å². The van der Waals surface area contributed by atoms with E-state index in [-0.39, 0.29) is 5.71 Å². The van der Waals surface area contributed by atoms with Crippen LogP contribution in [-0.4, -0.2) is 22.8 Å². The van der Waals surface area contributed by atoms with Crippen molar-refractivity contribution < 1.29 is 23.1 Å². The lowest BCUT2D eigenvalue weighted by atomic mass is 10.1. The molecule has 2 rings (SSSR count). The zero-order valence-electron chi connectivity index (χ0n) is 8.44. The highest BCUT2D eigenvalue weighted by atomic mass is 32.1. The monoisotopic (exact) mass is 263 g/mol. The Balaban J connectivity index is 2.03. The molecule has 2 heterocycles. The first-order valence-corrected chi connectivity index (χ1v) is 5.54. The molecule has 1 atom stereocenters. The van der Waals surface area contributed by atoms with E-state index in [0.29, 0.717) is 0 Å². The molecule has 0 radical (unpaired) electrons. The fraction of sp³-hybridized carbons (Fsp3) is 0.300. The maximum atomic E-state index is 12.4. The first-order valence-electron chi connectivity index (χ1n) is 4.66. The summed E-state index contributed by atoms with van der Waals surface area (Å²) in [4.78, 5) is 4.94. The highest BCUT2D eigenvalue weighted by Crippen LogP contribution is 2.38. The predicted octanol–water partition coefficient (Wildman–Crippen LogP) is 2.79. The molecule has 3 nitrogen and oxygen atoms in total. The van der Waals surface area contributed by atoms with Gasteiger partial charge in [-0.25, -0.2) is 0 Å². The average molecular weight is 263 g/mol. The summed E-state index contributed by atoms with van der Waals surface area (Å²) in [6, 6.07) is 3.64. The summed E-state index contributed by atoms with van der Waals surface area (Å²) in [5, 5.41) is 14.2. The minimum absolute atomic E-state index is 0.0539. The maximum Gasteiger partial charge on any atom is 0.458 e. The van der Waals surface area contributed by atoms with Gasteiger partial charge in [-0.3, -0.25) is 0 Å². The van der Waals surface area contributed by atoms with E-state index < -0.39 is 18.4 Å². The number of thiophene rings is 1. The Labute approximate surface area is 98.8 Å². The maximum absolute atomic E-state index is 12.4. The van der Waals surface area contributed by atoms with Crippen molar-refractivity contribution in [3.63, 3.8) is 0 Å². The van der Waals surface area contributed by atoms with Crippen LogP contribution in [0.3, 0.4) is 0 Å². The molecule has 1 aliphatic heterocycles. The minimum Gasteiger partial charge on any atom is -0.350 e. The van der Waals surface area contributed by atoms with Crippen molar-refractivity contribution in [1.82, 2.24) is 0 Å². The Kier molecular flexibility index (Phi) is 2.96. The first-order chi connectivity index (χ1) is 7.91. The van der Waals surface area contributed by atoms with Crippen molar-refractivity contribution in [2.75, 3.05) is 0 Å². The molecule has 7 heteroatoms. The van der Waals surface area contributed by atoms with E-state index >= 15 is 0 Å². The normalized spacial score (nSPS) is 25.1. The molecule has 0 unspecified atom stereocenters. The Morgan fingerprint density at radius 1 is 1.47 bits per heavy atom. The van der Waals surface area contributed by atoms with E-state index in [1.165, 1.54) is 17.4 Å². The highest BCUT2D eigenvalue weighted by molar-refractivity contribution is 7.10. The Morgan fingerprint density at radius 2 is 2.24 bits per heavy atom. The third-order valence-corrected chi connectivity index (χ3v) is 3.00. The molecule has 0 amide bonds. The smallest absolute Gasteiger partial charge is 0.350 e. The van der Waals surface area contributed by atoms with E-state index in [2.05, 4.69) is 9.99 Å². The lowest BCUT2D eigenvalue weighted by molar-refractivity contribution is -0.355. The third kappa shape index (κ3) is 2.50. The summed E-state index contributed by atoms with van der Waals surface area (Å²) in [6.07, 6.45) is -2.53. The molecule has 1 aliphatic rings. The Hall–Kier alpha value is -1.34. The van der Waals surface area contributed by atoms with Crippen LogP contribution in [0.25, 0.3) is 6.08 Å². The number of rotatable bonds is 2. The van der Waals surface area contributed by atoms with Gasteiger partial charge >= 0.3 is 12.0 Å². The van der Waals surface area contributed by atoms with Gasteiger partial charge in [-0.1, -0.05) is 11.2 Å². The summed E-state index contributed by atoms with van der Waals surface area (Å²) >= 11 is 1.44. The van der Waals surface area contributed by atoms with Gasteiger partial charge in [0.25, 0.3) is 0 Å². The molecule has 0 saturated carbocycles. The zero-order chi connectivity index (χ0) is 12.5. The Morgan fingerprint density at radius 3 is 2.76 bits per heavy atom. The molecule has 0 bridgehead atoms. The van der Waals surface area contributed by atoms with Crippen molar-refractivity contribution in [3.8, 4) is 0 Å². The van der Waals surface area contributed by atoms with E-state index in [4.69, 9.17) is 5.11 Å². The third-order valence-electron chi connectivity index (χ3n) is 2.16. The van der Waals surface area contributed by atoms with Crippen LogP contribution < -0.4 is 0 Å². The second-order valence-electron chi connectivity index (χ2n) is 3.48. The van der Waals surface area contributed by atoms with Gasteiger partial charge < -0.3 is 9.94 Å². The summed E-state index contributed by atoms with van der Waals surface area (Å²) in [5.74, 6) is -3.19. The molecule has 92 valence electrons. The van der Waals surface area contributed by atoms with Gasteiger partial charge in [0.15, 0.2) is 0 Å². The van der Waals surface area contributed by atoms with Crippen LogP contribution in [0, 0.1) is 0 Å². The fourth-order valence-electron chi connectivity index (χ4n) is 1.25. The SMILES string of the molecule is O[C@@]1(C(F)(F)F)CC(/C=C\c2cccs2)=NO1. The molecular formula is C10H8F3NO2S. The lowest BCUT2D eigenvalue weighted by Gasteiger charge is -2.22. The van der Waals surface area contributed by atoms with Gasteiger partial charge in [-0.2, -0.15) is 13.2 Å². The summed E-state index contributed by atoms with van der Waals surface area (Å²) in [6.45, 7) is 0. The van der Waals surface area contributed by atoms with Crippen LogP contribution in [-0.2, 0) is 4.84 Å². The second kappa shape index (κ2) is 4.15. The van der Waals surface area contributed by atoms with E-state index in [1.54, 1.807) is 6.08 Å². The van der Waals surface area contributed by atoms with Crippen LogP contribution in [0.1, 0.15) is 11.3 Å². The number of aliphatic hydroxyl groups is 1. The molecule has 1 N–H and O–H groups in total. The van der Waals surface area contributed by atoms with E-state index in [0.717, 1.165) is 4.88 Å². The molecular weight excluding hydrogens is 255 g/mol. The number of allylic oxidation sites excluding steroid dienone is 1. The standard InChI is InChI=1S/C10H8F3NO2S/c11-10(12,13)9(15)6-7(14-16-9)3-4-8-2-1-5-17-8/h1-5,15H,6H2/b4-3-/t9-/m0/s1. The molecule has 0 aliphatic carbocycles. The van der Waals surface area contributed by atoms with Gasteiger partial charge in [0, 0.05) is 4.88 Å². The second-order valence-corrected chi connectivity index (χ2v) is 4.46. The number of alkyl halides is 3. The van der Waals surface area contributed by atoms with Gasteiger partial charge in [0.05, 0.1) is 12.1 Å². The van der Waals surface area contributed by atoms with Crippen LogP contribution in [0.15, 0.2) is 28.7 Å². The molecule has 17 heavy (non-hydrogen) atoms. The first kappa shape index (κ1) is 12.1. The number of nitrogens with zero attached hydrogens (tertiary/aromatic N) is 1. The zero-order valence-corrected chi connectivity index (χ0v) is 9.26. The topological polar surface area (TPSA) is 41.8 Å². The molecule has 0 saturated heterocycles. The largest absolute Gasteiger partial charge is 0.458 e. The molecule has 1 aromatic heterocycles. The highest BCUT2D eigenvalue weighted by Gasteiger charge is 2.60. The van der Waals surface area contributed by atoms with E-state index in [1.807, 2.05) is 17.5 Å². The molecule has 1 aromatic rings. The quantitative estimate of drug-likeness (QED) is 0.891. The van der Waals surface area contributed by atoms with E-state index in [9.17, 15) is 13.2 Å². The summed E-state index contributed by atoms with van der Waals surface area (Å²) < 4.78 is 37.1. The number of halogens is 3. The summed E-state index contributed by atoms with van der Waals surface area (Å²) in [5.41, 5.74) is 0.0539. The number of hydrogen-bond donors (Lipinski definition) is 1. The van der Waals surface area contributed by atoms with Crippen molar-refractivity contribution in [2.24, 2.45) is 5.16 Å². The Bertz CT molecular complexity index is 453. The van der Waals surface area contributed by atoms with Gasteiger partial charge in [0.1, 0.15) is 0 Å². The van der Waals surface area contributed by atoms with Crippen LogP contribution in [0.2, 0.25) is 0 Å². The average Bonchev–Trinajstić information content (AvgIpc) is 2.83.